The Kier molecular flexibility index (Phi) is 6.16. The smallest absolute Gasteiger partial charge is 0.289 e. The molecule has 0 aliphatic carbocycles. The highest BCUT2D eigenvalue weighted by Crippen LogP contribution is 2.34. The van der Waals surface area contributed by atoms with E-state index in [9.17, 15) is 8.78 Å². The first-order chi connectivity index (χ1) is 14.3. The van der Waals surface area contributed by atoms with E-state index >= 15 is 0 Å². The molecular formula is C21H21F2N7. The maximum atomic E-state index is 14.9. The van der Waals surface area contributed by atoms with E-state index in [-0.39, 0.29) is 18.5 Å². The molecule has 0 saturated carbocycles. The van der Waals surface area contributed by atoms with E-state index < -0.39 is 11.7 Å². The normalized spacial score (nSPS) is 17.8. The second-order valence-electron chi connectivity index (χ2n) is 6.91. The average molecular weight is 409 g/mol. The first-order valence-corrected chi connectivity index (χ1v) is 9.27. The minimum Gasteiger partial charge on any atom is -0.289 e. The van der Waals surface area contributed by atoms with Crippen molar-refractivity contribution in [2.45, 2.75) is 32.7 Å². The van der Waals surface area contributed by atoms with Crippen LogP contribution in [0.25, 0.3) is 0 Å². The molecule has 1 N–H and O–H groups in total. The Morgan fingerprint density at radius 1 is 1.30 bits per heavy atom. The zero-order valence-electron chi connectivity index (χ0n) is 16.7. The molecule has 2 aromatic rings. The van der Waals surface area contributed by atoms with E-state index in [2.05, 4.69) is 38.4 Å². The second-order valence-corrected chi connectivity index (χ2v) is 6.91. The molecule has 0 bridgehead atoms. The lowest BCUT2D eigenvalue weighted by molar-refractivity contribution is 0.0314. The summed E-state index contributed by atoms with van der Waals surface area (Å²) in [7, 11) is 0. The standard InChI is InChI=1S/C21H21F2N7/c1-14-7-8-18(21(22,23)20-25-28-29-26-20)10-12-30(27-16(14)3)13-19-15(2)5-4-6-17(19)9-11-24/h4-8,10H,1,9,12-13H2,2-3H3,(H,25,26,28,29)/b8-7-,18-10+,27-16?. The average Bonchev–Trinajstić information content (AvgIpc) is 3.26. The first-order valence-electron chi connectivity index (χ1n) is 9.27. The van der Waals surface area contributed by atoms with Crippen molar-refractivity contribution in [1.29, 1.82) is 5.26 Å². The van der Waals surface area contributed by atoms with Crippen LogP contribution >= 0.6 is 0 Å². The molecule has 1 aromatic carbocycles. The Morgan fingerprint density at radius 2 is 2.10 bits per heavy atom. The molecule has 0 amide bonds. The Hall–Kier alpha value is -3.67. The van der Waals surface area contributed by atoms with Gasteiger partial charge < -0.3 is 0 Å². The van der Waals surface area contributed by atoms with Gasteiger partial charge in [0.1, 0.15) is 0 Å². The fraction of sp³-hybridized carbons (Fsp3) is 0.286. The van der Waals surface area contributed by atoms with Gasteiger partial charge in [0.05, 0.1) is 31.3 Å². The van der Waals surface area contributed by atoms with Gasteiger partial charge in [0.15, 0.2) is 0 Å². The van der Waals surface area contributed by atoms with Gasteiger partial charge in [-0.1, -0.05) is 43.0 Å². The Labute approximate surface area is 173 Å². The minimum absolute atomic E-state index is 0.123. The lowest BCUT2D eigenvalue weighted by atomic mass is 9.99. The third kappa shape index (κ3) is 4.49. The number of nitriles is 1. The number of benzene rings is 1. The molecule has 0 unspecified atom stereocenters. The monoisotopic (exact) mass is 409 g/mol. The molecule has 0 radical (unpaired) electrons. The predicted molar refractivity (Wildman–Crippen MR) is 108 cm³/mol. The van der Waals surface area contributed by atoms with Crippen molar-refractivity contribution >= 4 is 5.71 Å². The number of hydrazone groups is 1. The first kappa shape index (κ1) is 21.0. The van der Waals surface area contributed by atoms with Gasteiger partial charge >= 0.3 is 5.92 Å². The molecular weight excluding hydrogens is 388 g/mol. The number of hydrogen-bond donors (Lipinski definition) is 1. The maximum Gasteiger partial charge on any atom is 0.335 e. The molecule has 30 heavy (non-hydrogen) atoms. The van der Waals surface area contributed by atoms with Crippen LogP contribution in [0.5, 0.6) is 0 Å². The third-order valence-corrected chi connectivity index (χ3v) is 4.85. The molecule has 3 rings (SSSR count). The highest BCUT2D eigenvalue weighted by atomic mass is 19.3. The van der Waals surface area contributed by atoms with Crippen LogP contribution < -0.4 is 0 Å². The van der Waals surface area contributed by atoms with E-state index in [1.54, 1.807) is 11.9 Å². The van der Waals surface area contributed by atoms with Gasteiger partial charge in [-0.3, -0.25) is 5.01 Å². The highest BCUT2D eigenvalue weighted by Gasteiger charge is 2.40. The molecule has 0 atom stereocenters. The number of nitrogens with zero attached hydrogens (tertiary/aromatic N) is 6. The van der Waals surface area contributed by atoms with Gasteiger partial charge in [-0.2, -0.15) is 24.4 Å². The van der Waals surface area contributed by atoms with Crippen LogP contribution in [0.3, 0.4) is 0 Å². The quantitative estimate of drug-likeness (QED) is 0.814. The summed E-state index contributed by atoms with van der Waals surface area (Å²) < 4.78 is 29.8. The molecule has 1 aliphatic rings. The number of allylic oxidation sites excluding steroid dienone is 4. The number of nitrogens with one attached hydrogen (secondary N) is 1. The highest BCUT2D eigenvalue weighted by molar-refractivity contribution is 6.00. The Bertz CT molecular complexity index is 1060. The largest absolute Gasteiger partial charge is 0.335 e. The fourth-order valence-corrected chi connectivity index (χ4v) is 3.08. The molecule has 1 aromatic heterocycles. The van der Waals surface area contributed by atoms with Gasteiger partial charge in [0.25, 0.3) is 0 Å². The van der Waals surface area contributed by atoms with Crippen molar-refractivity contribution in [1.82, 2.24) is 25.6 Å². The summed E-state index contributed by atoms with van der Waals surface area (Å²) >= 11 is 0. The van der Waals surface area contributed by atoms with Crippen LogP contribution in [0.4, 0.5) is 8.78 Å². The van der Waals surface area contributed by atoms with E-state index in [0.29, 0.717) is 17.8 Å². The number of halogens is 2. The van der Waals surface area contributed by atoms with E-state index in [1.165, 1.54) is 18.2 Å². The van der Waals surface area contributed by atoms with Gasteiger partial charge in [0.2, 0.25) is 5.82 Å². The molecule has 0 spiro atoms. The number of aromatic amines is 1. The van der Waals surface area contributed by atoms with Gasteiger partial charge in [0, 0.05) is 5.57 Å². The summed E-state index contributed by atoms with van der Waals surface area (Å²) in [6, 6.07) is 7.91. The summed E-state index contributed by atoms with van der Waals surface area (Å²) in [6.07, 6.45) is 4.45. The summed E-state index contributed by atoms with van der Waals surface area (Å²) in [5.41, 5.74) is 3.70. The Morgan fingerprint density at radius 3 is 2.80 bits per heavy atom. The lowest BCUT2D eigenvalue weighted by Crippen LogP contribution is -2.23. The number of H-pyrrole nitrogens is 1. The number of alkyl halides is 2. The van der Waals surface area contributed by atoms with Crippen molar-refractivity contribution in [3.05, 3.63) is 76.7 Å². The van der Waals surface area contributed by atoms with E-state index in [4.69, 9.17) is 5.26 Å². The molecule has 154 valence electrons. The van der Waals surface area contributed by atoms with Crippen LogP contribution in [0.2, 0.25) is 0 Å². The predicted octanol–water partition coefficient (Wildman–Crippen LogP) is 3.60. The zero-order valence-corrected chi connectivity index (χ0v) is 16.7. The lowest BCUT2D eigenvalue weighted by Gasteiger charge is -2.22. The zero-order chi connectivity index (χ0) is 21.7. The van der Waals surface area contributed by atoms with Crippen LogP contribution in [-0.4, -0.2) is 37.9 Å². The number of rotatable bonds is 5. The third-order valence-electron chi connectivity index (χ3n) is 4.85. The van der Waals surface area contributed by atoms with Crippen molar-refractivity contribution in [2.24, 2.45) is 5.10 Å². The van der Waals surface area contributed by atoms with Crippen LogP contribution in [0, 0.1) is 18.3 Å². The summed E-state index contributed by atoms with van der Waals surface area (Å²) in [6.45, 7) is 8.13. The number of aromatic nitrogens is 4. The molecule has 1 aliphatic heterocycles. The Balaban J connectivity index is 1.98. The van der Waals surface area contributed by atoms with Gasteiger partial charge in [-0.05, 0) is 41.3 Å². The number of aryl methyl sites for hydroxylation is 1. The van der Waals surface area contributed by atoms with Crippen molar-refractivity contribution in [3.8, 4) is 6.07 Å². The number of tetrazole rings is 1. The van der Waals surface area contributed by atoms with Crippen molar-refractivity contribution in [2.75, 3.05) is 6.54 Å². The topological polar surface area (TPSA) is 93.9 Å². The molecule has 9 heteroatoms. The van der Waals surface area contributed by atoms with Crippen LogP contribution in [0.15, 0.2) is 59.3 Å². The fourth-order valence-electron chi connectivity index (χ4n) is 3.08. The molecule has 0 fully saturated rings. The second kappa shape index (κ2) is 8.78. The van der Waals surface area contributed by atoms with Crippen molar-refractivity contribution in [3.63, 3.8) is 0 Å². The van der Waals surface area contributed by atoms with Crippen LogP contribution in [-0.2, 0) is 18.9 Å². The van der Waals surface area contributed by atoms with Gasteiger partial charge in [-0.15, -0.1) is 10.2 Å². The van der Waals surface area contributed by atoms with Crippen molar-refractivity contribution < 1.29 is 8.78 Å². The summed E-state index contributed by atoms with van der Waals surface area (Å²) in [5, 5.41) is 27.6. The van der Waals surface area contributed by atoms with E-state index in [1.807, 2.05) is 25.1 Å². The molecule has 7 nitrogen and oxygen atoms in total. The minimum atomic E-state index is -3.43. The molecule has 2 heterocycles. The van der Waals surface area contributed by atoms with Gasteiger partial charge in [-0.25, -0.2) is 0 Å². The van der Waals surface area contributed by atoms with E-state index in [0.717, 1.165) is 16.7 Å². The van der Waals surface area contributed by atoms with Crippen LogP contribution in [0.1, 0.15) is 29.4 Å². The maximum absolute atomic E-state index is 14.9. The molecule has 0 saturated heterocycles. The SMILES string of the molecule is C=C1/C=C\C(C(F)(F)c2nn[nH]n2)=C/CN(Cc2c(C)cccc2CC#N)N=C1C. The number of hydrogen-bond acceptors (Lipinski definition) is 6. The summed E-state index contributed by atoms with van der Waals surface area (Å²) in [4.78, 5) is 0. The summed E-state index contributed by atoms with van der Waals surface area (Å²) in [5.74, 6) is -4.13.